The van der Waals surface area contributed by atoms with Crippen molar-refractivity contribution >= 4 is 11.6 Å². The molecule has 0 spiro atoms. The zero-order chi connectivity index (χ0) is 14.8. The molecule has 0 saturated heterocycles. The number of aryl methyl sites for hydroxylation is 1. The second-order valence-corrected chi connectivity index (χ2v) is 5.53. The molecule has 110 valence electrons. The van der Waals surface area contributed by atoms with Gasteiger partial charge in [0.15, 0.2) is 0 Å². The van der Waals surface area contributed by atoms with Gasteiger partial charge in [-0.25, -0.2) is 0 Å². The molecule has 1 aromatic heterocycles. The van der Waals surface area contributed by atoms with Crippen molar-refractivity contribution in [2.24, 2.45) is 0 Å². The van der Waals surface area contributed by atoms with Gasteiger partial charge in [-0.15, -0.1) is 0 Å². The number of amides is 1. The van der Waals surface area contributed by atoms with Crippen molar-refractivity contribution in [1.29, 1.82) is 0 Å². The molecule has 21 heavy (non-hydrogen) atoms. The van der Waals surface area contributed by atoms with Crippen molar-refractivity contribution in [3.8, 4) is 5.75 Å². The lowest BCUT2D eigenvalue weighted by Gasteiger charge is -2.17. The molecule has 0 atom stereocenters. The highest BCUT2D eigenvalue weighted by molar-refractivity contribution is 6.04. The molecule has 1 aliphatic heterocycles. The predicted molar refractivity (Wildman–Crippen MR) is 80.8 cm³/mol. The summed E-state index contributed by atoms with van der Waals surface area (Å²) >= 11 is 0. The molecule has 0 unspecified atom stereocenters. The summed E-state index contributed by atoms with van der Waals surface area (Å²) in [5.41, 5.74) is 2.46. The quantitative estimate of drug-likeness (QED) is 0.943. The van der Waals surface area contributed by atoms with Crippen molar-refractivity contribution in [3.63, 3.8) is 0 Å². The summed E-state index contributed by atoms with van der Waals surface area (Å²) < 4.78 is 7.38. The fourth-order valence-corrected chi connectivity index (χ4v) is 2.39. The minimum Gasteiger partial charge on any atom is -0.493 e. The van der Waals surface area contributed by atoms with Crippen molar-refractivity contribution in [3.05, 3.63) is 41.7 Å². The van der Waals surface area contributed by atoms with E-state index in [0.29, 0.717) is 11.3 Å². The fraction of sp³-hybridized carbons (Fsp3) is 0.375. The van der Waals surface area contributed by atoms with Gasteiger partial charge in [-0.3, -0.25) is 9.48 Å². The molecular weight excluding hydrogens is 266 g/mol. The second-order valence-electron chi connectivity index (χ2n) is 5.53. The van der Waals surface area contributed by atoms with Crippen LogP contribution < -0.4 is 10.1 Å². The summed E-state index contributed by atoms with van der Waals surface area (Å²) in [7, 11) is 0. The Kier molecular flexibility index (Phi) is 3.64. The number of anilines is 1. The number of carbonyl (C=O) groups excluding carboxylic acids is 1. The molecule has 0 fully saturated rings. The Morgan fingerprint density at radius 1 is 1.43 bits per heavy atom. The monoisotopic (exact) mass is 285 g/mol. The van der Waals surface area contributed by atoms with E-state index in [1.165, 1.54) is 0 Å². The van der Waals surface area contributed by atoms with E-state index in [-0.39, 0.29) is 11.9 Å². The summed E-state index contributed by atoms with van der Waals surface area (Å²) in [6.07, 6.45) is 5.46. The smallest absolute Gasteiger partial charge is 0.255 e. The van der Waals surface area contributed by atoms with Crippen LogP contribution in [0.25, 0.3) is 0 Å². The largest absolute Gasteiger partial charge is 0.493 e. The first kappa shape index (κ1) is 13.7. The van der Waals surface area contributed by atoms with Gasteiger partial charge in [0.2, 0.25) is 0 Å². The van der Waals surface area contributed by atoms with E-state index in [0.717, 1.165) is 30.8 Å². The van der Waals surface area contributed by atoms with Crippen LogP contribution in [0.3, 0.4) is 0 Å². The highest BCUT2D eigenvalue weighted by Gasteiger charge is 2.14. The second kappa shape index (κ2) is 5.60. The zero-order valence-corrected chi connectivity index (χ0v) is 12.3. The van der Waals surface area contributed by atoms with E-state index >= 15 is 0 Å². The van der Waals surface area contributed by atoms with E-state index in [4.69, 9.17) is 4.74 Å². The Morgan fingerprint density at radius 3 is 3.05 bits per heavy atom. The maximum Gasteiger partial charge on any atom is 0.255 e. The molecule has 5 nitrogen and oxygen atoms in total. The van der Waals surface area contributed by atoms with Crippen LogP contribution in [-0.4, -0.2) is 22.3 Å². The zero-order valence-electron chi connectivity index (χ0n) is 12.3. The molecule has 0 radical (unpaired) electrons. The first-order valence-corrected chi connectivity index (χ1v) is 7.25. The summed E-state index contributed by atoms with van der Waals surface area (Å²) in [4.78, 5) is 12.3. The Labute approximate surface area is 123 Å². The Balaban J connectivity index is 1.75. The van der Waals surface area contributed by atoms with Gasteiger partial charge in [-0.1, -0.05) is 0 Å². The van der Waals surface area contributed by atoms with Crippen LogP contribution in [0, 0.1) is 0 Å². The van der Waals surface area contributed by atoms with Crippen molar-refractivity contribution in [2.75, 3.05) is 11.9 Å². The summed E-state index contributed by atoms with van der Waals surface area (Å²) in [5.74, 6) is 0.775. The van der Waals surface area contributed by atoms with Gasteiger partial charge in [0.25, 0.3) is 5.91 Å². The third kappa shape index (κ3) is 2.91. The van der Waals surface area contributed by atoms with Crippen LogP contribution in [0.15, 0.2) is 30.6 Å². The average molecular weight is 285 g/mol. The standard InChI is InChI=1S/C16H19N3O2/c1-11(2)19-10-14(9-17-19)18-16(20)13-5-6-15-12(8-13)4-3-7-21-15/h5-6,8-11H,3-4,7H2,1-2H3,(H,18,20). The molecular formula is C16H19N3O2. The first-order valence-electron chi connectivity index (χ1n) is 7.25. The fourth-order valence-electron chi connectivity index (χ4n) is 2.39. The third-order valence-electron chi connectivity index (χ3n) is 3.56. The number of rotatable bonds is 3. The Morgan fingerprint density at radius 2 is 2.29 bits per heavy atom. The number of carbonyl (C=O) groups is 1. The van der Waals surface area contributed by atoms with Crippen LogP contribution >= 0.6 is 0 Å². The van der Waals surface area contributed by atoms with Crippen LogP contribution in [0.2, 0.25) is 0 Å². The number of nitrogens with one attached hydrogen (secondary N) is 1. The summed E-state index contributed by atoms with van der Waals surface area (Å²) in [5, 5.41) is 7.09. The normalized spacial score (nSPS) is 13.7. The van der Waals surface area contributed by atoms with Crippen molar-refractivity contribution in [2.45, 2.75) is 32.7 Å². The number of hydrogen-bond donors (Lipinski definition) is 1. The van der Waals surface area contributed by atoms with Crippen LogP contribution in [0.4, 0.5) is 5.69 Å². The van der Waals surface area contributed by atoms with Crippen LogP contribution in [0.1, 0.15) is 42.2 Å². The summed E-state index contributed by atoms with van der Waals surface area (Å²) in [6, 6.07) is 5.86. The molecule has 0 saturated carbocycles. The minimum absolute atomic E-state index is 0.119. The average Bonchev–Trinajstić information content (AvgIpc) is 2.95. The Bertz CT molecular complexity index is 661. The van der Waals surface area contributed by atoms with Gasteiger partial charge >= 0.3 is 0 Å². The number of fused-ring (bicyclic) bond motifs is 1. The summed E-state index contributed by atoms with van der Waals surface area (Å²) in [6.45, 7) is 4.84. The van der Waals surface area contributed by atoms with Gasteiger partial charge in [0.05, 0.1) is 18.5 Å². The van der Waals surface area contributed by atoms with E-state index in [2.05, 4.69) is 10.4 Å². The molecule has 5 heteroatoms. The molecule has 0 bridgehead atoms. The SMILES string of the molecule is CC(C)n1cc(NC(=O)c2ccc3c(c2)CCCO3)cn1. The lowest BCUT2D eigenvalue weighted by Crippen LogP contribution is -2.14. The highest BCUT2D eigenvalue weighted by atomic mass is 16.5. The molecule has 1 aliphatic rings. The highest BCUT2D eigenvalue weighted by Crippen LogP contribution is 2.25. The predicted octanol–water partition coefficient (Wildman–Crippen LogP) is 3.04. The lowest BCUT2D eigenvalue weighted by atomic mass is 10.0. The van der Waals surface area contributed by atoms with Gasteiger partial charge in [0, 0.05) is 17.8 Å². The van der Waals surface area contributed by atoms with E-state index < -0.39 is 0 Å². The van der Waals surface area contributed by atoms with Crippen molar-refractivity contribution < 1.29 is 9.53 Å². The molecule has 1 amide bonds. The Hall–Kier alpha value is -2.30. The third-order valence-corrected chi connectivity index (χ3v) is 3.56. The number of aromatic nitrogens is 2. The van der Waals surface area contributed by atoms with Gasteiger partial charge in [0.1, 0.15) is 5.75 Å². The molecule has 3 rings (SSSR count). The minimum atomic E-state index is -0.119. The first-order chi connectivity index (χ1) is 10.1. The molecule has 1 N–H and O–H groups in total. The van der Waals surface area contributed by atoms with E-state index in [9.17, 15) is 4.79 Å². The van der Waals surface area contributed by atoms with Crippen LogP contribution in [-0.2, 0) is 6.42 Å². The maximum atomic E-state index is 12.3. The van der Waals surface area contributed by atoms with Gasteiger partial charge < -0.3 is 10.1 Å². The molecule has 2 heterocycles. The molecule has 2 aromatic rings. The van der Waals surface area contributed by atoms with Gasteiger partial charge in [-0.05, 0) is 50.5 Å². The van der Waals surface area contributed by atoms with E-state index in [1.807, 2.05) is 36.9 Å². The lowest BCUT2D eigenvalue weighted by molar-refractivity contribution is 0.102. The molecule has 0 aliphatic carbocycles. The van der Waals surface area contributed by atoms with Crippen LogP contribution in [0.5, 0.6) is 5.75 Å². The topological polar surface area (TPSA) is 56.2 Å². The van der Waals surface area contributed by atoms with Crippen molar-refractivity contribution in [1.82, 2.24) is 9.78 Å². The maximum absolute atomic E-state index is 12.3. The molecule has 1 aromatic carbocycles. The number of ether oxygens (including phenoxy) is 1. The number of hydrogen-bond acceptors (Lipinski definition) is 3. The number of benzene rings is 1. The number of nitrogens with zero attached hydrogens (tertiary/aromatic N) is 2. The van der Waals surface area contributed by atoms with E-state index in [1.54, 1.807) is 12.3 Å². The van der Waals surface area contributed by atoms with Gasteiger partial charge in [-0.2, -0.15) is 5.10 Å².